The smallest absolute Gasteiger partial charge is 0.321 e. The van der Waals surface area contributed by atoms with Gasteiger partial charge in [0, 0.05) is 18.9 Å². The Morgan fingerprint density at radius 2 is 1.42 bits per heavy atom. The molecule has 0 aromatic carbocycles. The average molecular weight is 193 g/mol. The quantitative estimate of drug-likeness (QED) is 0.391. The molecule has 0 fully saturated rings. The lowest BCUT2D eigenvalue weighted by Crippen LogP contribution is -1.89. The minimum atomic E-state index is -4.27. The fourth-order valence-corrected chi connectivity index (χ4v) is 0.326. The zero-order valence-corrected chi connectivity index (χ0v) is 7.22. The molecule has 0 aliphatic rings. The Hall–Kier alpha value is -1.47. The van der Waals surface area contributed by atoms with Crippen LogP contribution in [0.1, 0.15) is 0 Å². The molecule has 10 heteroatoms. The normalized spacial score (nSPS) is 8.17. The van der Waals surface area contributed by atoms with E-state index in [9.17, 15) is 8.42 Å². The van der Waals surface area contributed by atoms with E-state index in [0.717, 1.165) is 0 Å². The maximum absolute atomic E-state index is 9.99. The van der Waals surface area contributed by atoms with E-state index in [1.165, 1.54) is 0 Å². The molecule has 9 nitrogen and oxygen atoms in total. The summed E-state index contributed by atoms with van der Waals surface area (Å²) in [6.45, 7) is 0. The molecule has 0 aromatic rings. The number of nitrogens with zero attached hydrogens (tertiary/aromatic N) is 6. The Kier molecular flexibility index (Phi) is 8.36. The van der Waals surface area contributed by atoms with Gasteiger partial charge in [0.15, 0.2) is 0 Å². The summed E-state index contributed by atoms with van der Waals surface area (Å²) < 4.78 is 24.3. The van der Waals surface area contributed by atoms with Crippen LogP contribution in [-0.2, 0) is 10.2 Å². The molecule has 0 aromatic heterocycles. The van der Waals surface area contributed by atoms with E-state index in [1.807, 2.05) is 23.9 Å². The molecule has 0 saturated heterocycles. The van der Waals surface area contributed by atoms with Gasteiger partial charge in [0.05, 0.1) is 0 Å². The van der Waals surface area contributed by atoms with Gasteiger partial charge in [-0.3, -0.25) is 0 Å². The van der Waals surface area contributed by atoms with Gasteiger partial charge >= 0.3 is 10.2 Å². The zero-order chi connectivity index (χ0) is 10.0. The summed E-state index contributed by atoms with van der Waals surface area (Å²) in [6, 6.07) is 0. The third-order valence-corrected chi connectivity index (χ3v) is 0.838. The van der Waals surface area contributed by atoms with E-state index < -0.39 is 10.2 Å². The maximum Gasteiger partial charge on any atom is 0.321 e. The second-order valence-electron chi connectivity index (χ2n) is 1.29. The van der Waals surface area contributed by atoms with Crippen molar-refractivity contribution >= 4 is 10.2 Å². The van der Waals surface area contributed by atoms with Crippen LogP contribution in [0.2, 0.25) is 0 Å². The molecule has 0 radical (unpaired) electrons. The van der Waals surface area contributed by atoms with Crippen molar-refractivity contribution in [3.05, 3.63) is 20.9 Å². The Morgan fingerprint density at radius 1 is 1.17 bits per heavy atom. The van der Waals surface area contributed by atoms with E-state index in [4.69, 9.17) is 11.1 Å². The summed E-state index contributed by atoms with van der Waals surface area (Å²) >= 11 is 0. The molecule has 0 rings (SSSR count). The van der Waals surface area contributed by atoms with E-state index in [-0.39, 0.29) is 0 Å². The van der Waals surface area contributed by atoms with Gasteiger partial charge in [0.25, 0.3) is 0 Å². The van der Waals surface area contributed by atoms with Gasteiger partial charge in [0.2, 0.25) is 0 Å². The van der Waals surface area contributed by atoms with Crippen molar-refractivity contribution in [2.45, 2.75) is 0 Å². The van der Waals surface area contributed by atoms with Gasteiger partial charge < -0.3 is 5.32 Å². The molecule has 0 heterocycles. The summed E-state index contributed by atoms with van der Waals surface area (Å²) in [6.07, 6.45) is 0. The molecule has 0 saturated carbocycles. The monoisotopic (exact) mass is 193 g/mol. The molecular formula is C2H7N7O2S. The van der Waals surface area contributed by atoms with Crippen LogP contribution in [0.4, 0.5) is 0 Å². The Morgan fingerprint density at radius 3 is 1.58 bits per heavy atom. The maximum atomic E-state index is 9.99. The van der Waals surface area contributed by atoms with E-state index in [1.54, 1.807) is 0 Å². The minimum Gasteiger partial charge on any atom is -0.323 e. The standard InChI is InChI=1S/C2H7N.N6O2S/c1-3-2;1-3-5-9(7,8)6-4-2/h3H,1-2H3;. The molecule has 0 atom stereocenters. The third kappa shape index (κ3) is 11.3. The van der Waals surface area contributed by atoms with Crippen LogP contribution in [0.15, 0.2) is 9.04 Å². The number of rotatable bonds is 2. The summed E-state index contributed by atoms with van der Waals surface area (Å²) in [7, 11) is -0.515. The Bertz CT molecular complexity index is 269. The average Bonchev–Trinajstić information content (AvgIpc) is 1.88. The summed E-state index contributed by atoms with van der Waals surface area (Å²) in [4.78, 5) is 3.80. The largest absolute Gasteiger partial charge is 0.323 e. The van der Waals surface area contributed by atoms with Crippen LogP contribution < -0.4 is 5.32 Å². The van der Waals surface area contributed by atoms with E-state index >= 15 is 0 Å². The number of hydrogen-bond donors (Lipinski definition) is 1. The molecule has 0 amide bonds. The molecule has 0 unspecified atom stereocenters. The van der Waals surface area contributed by atoms with Crippen LogP contribution in [0.5, 0.6) is 0 Å². The third-order valence-electron chi connectivity index (χ3n) is 0.279. The Labute approximate surface area is 68.8 Å². The molecule has 0 aliphatic heterocycles. The second-order valence-corrected chi connectivity index (χ2v) is 2.51. The summed E-state index contributed by atoms with van der Waals surface area (Å²) in [5.41, 5.74) is 15.0. The molecule has 12 heavy (non-hydrogen) atoms. The first-order valence-corrected chi connectivity index (χ1v) is 3.90. The highest BCUT2D eigenvalue weighted by Crippen LogP contribution is 1.92. The number of azide groups is 1. The van der Waals surface area contributed by atoms with E-state index in [0.29, 0.717) is 0 Å². The zero-order valence-electron chi connectivity index (χ0n) is 6.41. The predicted octanol–water partition coefficient (Wildman–Crippen LogP) is 0.687. The van der Waals surface area contributed by atoms with Gasteiger partial charge in [0.1, 0.15) is 0 Å². The van der Waals surface area contributed by atoms with Crippen molar-refractivity contribution < 1.29 is 8.42 Å². The molecule has 0 aliphatic carbocycles. The van der Waals surface area contributed by atoms with Crippen LogP contribution in [0, 0.1) is 0 Å². The molecule has 0 spiro atoms. The SMILES string of the molecule is CNC.[N-]=[N+]=NS(=O)(=O)N=[N+]=[N-]. The van der Waals surface area contributed by atoms with Gasteiger partial charge in [-0.2, -0.15) is 0 Å². The first kappa shape index (κ1) is 13.1. The summed E-state index contributed by atoms with van der Waals surface area (Å²) in [5, 5.41) is 2.75. The first-order chi connectivity index (χ1) is 5.54. The molecular weight excluding hydrogens is 186 g/mol. The fourth-order valence-electron chi connectivity index (χ4n) is 0.109. The second kappa shape index (κ2) is 7.63. The fraction of sp³-hybridized carbons (Fsp3) is 1.00. The number of hydrogen-bond acceptors (Lipinski definition) is 3. The van der Waals surface area contributed by atoms with Crippen LogP contribution in [0.25, 0.3) is 20.9 Å². The van der Waals surface area contributed by atoms with Crippen molar-refractivity contribution in [3.63, 3.8) is 0 Å². The predicted molar refractivity (Wildman–Crippen MR) is 42.2 cm³/mol. The lowest BCUT2D eigenvalue weighted by atomic mass is 11.3. The topological polar surface area (TPSA) is 144 Å². The highest BCUT2D eigenvalue weighted by molar-refractivity contribution is 7.88. The number of nitrogens with one attached hydrogen (secondary N) is 1. The van der Waals surface area contributed by atoms with Crippen molar-refractivity contribution in [1.82, 2.24) is 5.32 Å². The van der Waals surface area contributed by atoms with Crippen molar-refractivity contribution in [2.24, 2.45) is 9.04 Å². The van der Waals surface area contributed by atoms with Gasteiger partial charge in [-0.05, 0) is 25.2 Å². The minimum absolute atomic E-state index is 1.88. The molecule has 0 bridgehead atoms. The summed E-state index contributed by atoms with van der Waals surface area (Å²) in [5.74, 6) is 0. The van der Waals surface area contributed by atoms with Crippen molar-refractivity contribution in [3.8, 4) is 0 Å². The first-order valence-electron chi connectivity index (χ1n) is 2.50. The van der Waals surface area contributed by atoms with Crippen LogP contribution in [0.3, 0.4) is 0 Å². The van der Waals surface area contributed by atoms with Gasteiger partial charge in [-0.1, -0.05) is 0 Å². The Balaban J connectivity index is 0. The van der Waals surface area contributed by atoms with Gasteiger partial charge in [-0.25, -0.2) is 8.42 Å². The highest BCUT2D eigenvalue weighted by Gasteiger charge is 1.99. The van der Waals surface area contributed by atoms with Crippen molar-refractivity contribution in [2.75, 3.05) is 14.1 Å². The lowest BCUT2D eigenvalue weighted by Gasteiger charge is -1.73. The van der Waals surface area contributed by atoms with E-state index in [2.05, 4.69) is 14.4 Å². The molecule has 1 N–H and O–H groups in total. The highest BCUT2D eigenvalue weighted by atomic mass is 32.2. The van der Waals surface area contributed by atoms with Crippen LogP contribution in [-0.4, -0.2) is 22.5 Å². The lowest BCUT2D eigenvalue weighted by molar-refractivity contribution is 0.599. The van der Waals surface area contributed by atoms with Gasteiger partial charge in [-0.15, -0.1) is 0 Å². The molecule has 68 valence electrons. The van der Waals surface area contributed by atoms with Crippen molar-refractivity contribution in [1.29, 1.82) is 0 Å². The van der Waals surface area contributed by atoms with Crippen LogP contribution >= 0.6 is 0 Å².